The van der Waals surface area contributed by atoms with Crippen molar-refractivity contribution in [1.82, 2.24) is 4.90 Å². The van der Waals surface area contributed by atoms with Gasteiger partial charge in [0.25, 0.3) is 0 Å². The first-order chi connectivity index (χ1) is 12.0. The van der Waals surface area contributed by atoms with Crippen LogP contribution >= 0.6 is 0 Å². The van der Waals surface area contributed by atoms with Crippen molar-refractivity contribution in [3.63, 3.8) is 0 Å². The van der Waals surface area contributed by atoms with E-state index >= 15 is 0 Å². The highest BCUT2D eigenvalue weighted by Crippen LogP contribution is 2.23. The molecule has 0 fully saturated rings. The van der Waals surface area contributed by atoms with Crippen LogP contribution in [0.5, 0.6) is 5.75 Å². The Kier molecular flexibility index (Phi) is 6.83. The average Bonchev–Trinajstić information content (AvgIpc) is 2.57. The number of amides is 2. The number of carbonyl (C=O) groups is 1. The van der Waals surface area contributed by atoms with Gasteiger partial charge in [-0.3, -0.25) is 0 Å². The fourth-order valence-corrected chi connectivity index (χ4v) is 2.49. The van der Waals surface area contributed by atoms with Crippen LogP contribution in [0.1, 0.15) is 25.0 Å². The second-order valence-electron chi connectivity index (χ2n) is 6.21. The summed E-state index contributed by atoms with van der Waals surface area (Å²) in [5, 5.41) is 12.1. The average molecular weight is 342 g/mol. The van der Waals surface area contributed by atoms with Crippen LogP contribution in [-0.2, 0) is 6.54 Å². The minimum absolute atomic E-state index is 0.0829. The normalized spacial score (nSPS) is 10.6. The Labute approximate surface area is 149 Å². The van der Waals surface area contributed by atoms with E-state index in [9.17, 15) is 9.90 Å². The molecule has 0 saturated carbocycles. The molecule has 134 valence electrons. The highest BCUT2D eigenvalue weighted by atomic mass is 16.5. The van der Waals surface area contributed by atoms with Crippen molar-refractivity contribution in [2.75, 3.05) is 18.5 Å². The van der Waals surface area contributed by atoms with Gasteiger partial charge in [-0.1, -0.05) is 30.3 Å². The van der Waals surface area contributed by atoms with Gasteiger partial charge in [0, 0.05) is 18.8 Å². The van der Waals surface area contributed by atoms with Gasteiger partial charge in [-0.2, -0.15) is 0 Å². The van der Waals surface area contributed by atoms with Crippen molar-refractivity contribution in [1.29, 1.82) is 0 Å². The molecular weight excluding hydrogens is 316 g/mol. The lowest BCUT2D eigenvalue weighted by atomic mass is 10.2. The van der Waals surface area contributed by atoms with Crippen LogP contribution in [-0.4, -0.2) is 35.3 Å². The number of nitrogens with zero attached hydrogens (tertiary/aromatic N) is 1. The number of urea groups is 1. The first-order valence-electron chi connectivity index (χ1n) is 8.47. The standard InChI is InChI=1S/C20H26N2O3/c1-15(2)25-19-10-9-18(13-16(19)3)21-20(24)22(11-12-23)14-17-7-5-4-6-8-17/h4-10,13,15,23H,11-12,14H2,1-3H3,(H,21,24). The maximum atomic E-state index is 12.6. The summed E-state index contributed by atoms with van der Waals surface area (Å²) in [5.74, 6) is 0.810. The molecule has 2 aromatic carbocycles. The van der Waals surface area contributed by atoms with E-state index in [4.69, 9.17) is 4.74 Å². The van der Waals surface area contributed by atoms with Crippen LogP contribution in [0.4, 0.5) is 10.5 Å². The molecule has 2 aromatic rings. The minimum Gasteiger partial charge on any atom is -0.491 e. The number of nitrogens with one attached hydrogen (secondary N) is 1. The molecule has 0 aliphatic carbocycles. The lowest BCUT2D eigenvalue weighted by Crippen LogP contribution is -2.36. The van der Waals surface area contributed by atoms with Crippen molar-refractivity contribution in [2.45, 2.75) is 33.4 Å². The summed E-state index contributed by atoms with van der Waals surface area (Å²) in [6.07, 6.45) is 0.102. The predicted molar refractivity (Wildman–Crippen MR) is 99.9 cm³/mol. The summed E-state index contributed by atoms with van der Waals surface area (Å²) in [5.41, 5.74) is 2.68. The summed E-state index contributed by atoms with van der Waals surface area (Å²) in [7, 11) is 0. The first-order valence-corrected chi connectivity index (χ1v) is 8.47. The van der Waals surface area contributed by atoms with Crippen molar-refractivity contribution >= 4 is 11.7 Å². The van der Waals surface area contributed by atoms with Crippen LogP contribution in [0.25, 0.3) is 0 Å². The van der Waals surface area contributed by atoms with E-state index in [1.807, 2.05) is 69.3 Å². The second kappa shape index (κ2) is 9.08. The molecule has 0 aromatic heterocycles. The number of aliphatic hydroxyl groups is 1. The van der Waals surface area contributed by atoms with E-state index in [-0.39, 0.29) is 25.3 Å². The van der Waals surface area contributed by atoms with Crippen molar-refractivity contribution in [3.05, 3.63) is 59.7 Å². The highest BCUT2D eigenvalue weighted by Gasteiger charge is 2.14. The fraction of sp³-hybridized carbons (Fsp3) is 0.350. The molecule has 2 amide bonds. The minimum atomic E-state index is -0.241. The molecule has 0 unspecified atom stereocenters. The number of hydrogen-bond donors (Lipinski definition) is 2. The molecule has 0 atom stereocenters. The van der Waals surface area contributed by atoms with Gasteiger partial charge in [0.15, 0.2) is 0 Å². The zero-order valence-corrected chi connectivity index (χ0v) is 15.0. The van der Waals surface area contributed by atoms with E-state index in [0.717, 1.165) is 16.9 Å². The molecule has 2 N–H and O–H groups in total. The van der Waals surface area contributed by atoms with Gasteiger partial charge in [0.05, 0.1) is 12.7 Å². The summed E-state index contributed by atoms with van der Waals surface area (Å²) in [4.78, 5) is 14.1. The molecule has 0 aliphatic heterocycles. The third kappa shape index (κ3) is 5.80. The van der Waals surface area contributed by atoms with E-state index in [1.54, 1.807) is 4.90 Å². The molecular formula is C20H26N2O3. The number of hydrogen-bond acceptors (Lipinski definition) is 3. The van der Waals surface area contributed by atoms with Crippen molar-refractivity contribution in [2.24, 2.45) is 0 Å². The third-order valence-electron chi connectivity index (χ3n) is 3.66. The molecule has 2 rings (SSSR count). The van der Waals surface area contributed by atoms with Crippen LogP contribution in [0.15, 0.2) is 48.5 Å². The largest absolute Gasteiger partial charge is 0.491 e. The van der Waals surface area contributed by atoms with Crippen LogP contribution in [0, 0.1) is 6.92 Å². The Bertz CT molecular complexity index is 687. The van der Waals surface area contributed by atoms with Crippen LogP contribution < -0.4 is 10.1 Å². The molecule has 5 nitrogen and oxygen atoms in total. The number of ether oxygens (including phenoxy) is 1. The van der Waals surface area contributed by atoms with Crippen molar-refractivity contribution < 1.29 is 14.6 Å². The number of carbonyl (C=O) groups excluding carboxylic acids is 1. The maximum absolute atomic E-state index is 12.6. The maximum Gasteiger partial charge on any atom is 0.322 e. The smallest absolute Gasteiger partial charge is 0.322 e. The van der Waals surface area contributed by atoms with Gasteiger partial charge >= 0.3 is 6.03 Å². The Hall–Kier alpha value is -2.53. The molecule has 5 heteroatoms. The number of anilines is 1. The van der Waals surface area contributed by atoms with E-state index in [0.29, 0.717) is 12.2 Å². The number of benzene rings is 2. The molecule has 0 spiro atoms. The first kappa shape index (κ1) is 18.8. The van der Waals surface area contributed by atoms with Crippen LogP contribution in [0.2, 0.25) is 0 Å². The predicted octanol–water partition coefficient (Wildman–Crippen LogP) is 3.81. The van der Waals surface area contributed by atoms with Gasteiger partial charge in [-0.15, -0.1) is 0 Å². The quantitative estimate of drug-likeness (QED) is 0.804. The van der Waals surface area contributed by atoms with E-state index in [1.165, 1.54) is 0 Å². The molecule has 0 heterocycles. The Morgan fingerprint density at radius 2 is 1.92 bits per heavy atom. The topological polar surface area (TPSA) is 61.8 Å². The Balaban J connectivity index is 2.06. The Morgan fingerprint density at radius 1 is 1.20 bits per heavy atom. The van der Waals surface area contributed by atoms with E-state index in [2.05, 4.69) is 5.32 Å². The highest BCUT2D eigenvalue weighted by molar-refractivity contribution is 5.89. The van der Waals surface area contributed by atoms with Gasteiger partial charge in [0.1, 0.15) is 5.75 Å². The van der Waals surface area contributed by atoms with Gasteiger partial charge < -0.3 is 20.1 Å². The number of aliphatic hydroxyl groups excluding tert-OH is 1. The van der Waals surface area contributed by atoms with Crippen LogP contribution in [0.3, 0.4) is 0 Å². The lowest BCUT2D eigenvalue weighted by molar-refractivity contribution is 0.185. The van der Waals surface area contributed by atoms with Gasteiger partial charge in [-0.05, 0) is 50.1 Å². The zero-order chi connectivity index (χ0) is 18.2. The number of aryl methyl sites for hydroxylation is 1. The summed E-state index contributed by atoms with van der Waals surface area (Å²) < 4.78 is 5.71. The second-order valence-corrected chi connectivity index (χ2v) is 6.21. The Morgan fingerprint density at radius 3 is 2.52 bits per heavy atom. The zero-order valence-electron chi connectivity index (χ0n) is 15.0. The monoisotopic (exact) mass is 342 g/mol. The fourth-order valence-electron chi connectivity index (χ4n) is 2.49. The van der Waals surface area contributed by atoms with Gasteiger partial charge in [0.2, 0.25) is 0 Å². The SMILES string of the molecule is Cc1cc(NC(=O)N(CCO)Cc2ccccc2)ccc1OC(C)C. The molecule has 0 aliphatic rings. The summed E-state index contributed by atoms with van der Waals surface area (Å²) >= 11 is 0. The third-order valence-corrected chi connectivity index (χ3v) is 3.66. The molecule has 0 saturated heterocycles. The van der Waals surface area contributed by atoms with E-state index < -0.39 is 0 Å². The molecule has 0 radical (unpaired) electrons. The summed E-state index contributed by atoms with van der Waals surface area (Å²) in [6.45, 7) is 6.54. The molecule has 25 heavy (non-hydrogen) atoms. The lowest BCUT2D eigenvalue weighted by Gasteiger charge is -2.23. The number of rotatable bonds is 7. The summed E-state index contributed by atoms with van der Waals surface area (Å²) in [6, 6.07) is 15.0. The van der Waals surface area contributed by atoms with Gasteiger partial charge in [-0.25, -0.2) is 4.79 Å². The van der Waals surface area contributed by atoms with Crippen molar-refractivity contribution in [3.8, 4) is 5.75 Å². The molecule has 0 bridgehead atoms.